The average molecular weight is 326 g/mol. The van der Waals surface area contributed by atoms with Crippen LogP contribution in [0.2, 0.25) is 4.34 Å². The van der Waals surface area contributed by atoms with Gasteiger partial charge >= 0.3 is 0 Å². The molecule has 21 heavy (non-hydrogen) atoms. The molecule has 2 rings (SSSR count). The molecule has 1 aromatic heterocycles. The van der Waals surface area contributed by atoms with Gasteiger partial charge in [-0.1, -0.05) is 29.8 Å². The van der Waals surface area contributed by atoms with Crippen LogP contribution < -0.4 is 5.32 Å². The molecule has 0 amide bonds. The van der Waals surface area contributed by atoms with Crippen LogP contribution in [0.3, 0.4) is 0 Å². The molecule has 0 saturated carbocycles. The monoisotopic (exact) mass is 325 g/mol. The summed E-state index contributed by atoms with van der Waals surface area (Å²) in [7, 11) is 0. The zero-order chi connectivity index (χ0) is 15.5. The van der Waals surface area contributed by atoms with Gasteiger partial charge in [-0.05, 0) is 51.0 Å². The third kappa shape index (κ3) is 5.10. The van der Waals surface area contributed by atoms with Gasteiger partial charge in [0.25, 0.3) is 0 Å². The fourth-order valence-electron chi connectivity index (χ4n) is 2.23. The molecule has 1 nitrogen and oxygen atoms in total. The van der Waals surface area contributed by atoms with Crippen molar-refractivity contribution in [3.63, 3.8) is 0 Å². The molecule has 1 unspecified atom stereocenters. The van der Waals surface area contributed by atoms with Crippen molar-refractivity contribution in [3.05, 3.63) is 57.0 Å². The smallest absolute Gasteiger partial charge is 0.126 e. The molecular weight excluding hydrogens is 305 g/mol. The van der Waals surface area contributed by atoms with Gasteiger partial charge < -0.3 is 5.32 Å². The highest BCUT2D eigenvalue weighted by Crippen LogP contribution is 2.29. The summed E-state index contributed by atoms with van der Waals surface area (Å²) in [5.74, 6) is -0.0407. The first kappa shape index (κ1) is 16.5. The zero-order valence-electron chi connectivity index (χ0n) is 12.6. The SMILES string of the molecule is CC(C)(C)NCC(Cc1ccc(Cl)s1)c1ccccc1F. The quantitative estimate of drug-likeness (QED) is 0.791. The molecule has 0 aliphatic carbocycles. The van der Waals surface area contributed by atoms with E-state index in [1.165, 1.54) is 10.9 Å². The van der Waals surface area contributed by atoms with Crippen molar-refractivity contribution in [2.45, 2.75) is 38.6 Å². The second-order valence-corrected chi connectivity index (χ2v) is 8.06. The molecule has 0 saturated heterocycles. The largest absolute Gasteiger partial charge is 0.311 e. The number of benzene rings is 1. The van der Waals surface area contributed by atoms with Gasteiger partial charge in [0.15, 0.2) is 0 Å². The molecule has 1 N–H and O–H groups in total. The lowest BCUT2D eigenvalue weighted by Gasteiger charge is -2.25. The van der Waals surface area contributed by atoms with Crippen molar-refractivity contribution in [1.29, 1.82) is 0 Å². The number of halogens is 2. The Bertz CT molecular complexity index is 588. The number of thiophene rings is 1. The van der Waals surface area contributed by atoms with Crippen molar-refractivity contribution in [3.8, 4) is 0 Å². The molecular formula is C17H21ClFNS. The molecule has 2 aromatic rings. The second-order valence-electron chi connectivity index (χ2n) is 6.26. The average Bonchev–Trinajstić information content (AvgIpc) is 2.80. The minimum Gasteiger partial charge on any atom is -0.311 e. The number of nitrogens with one attached hydrogen (secondary N) is 1. The third-order valence-corrected chi connectivity index (χ3v) is 4.55. The van der Waals surface area contributed by atoms with Crippen LogP contribution in [0.1, 0.15) is 37.1 Å². The maximum Gasteiger partial charge on any atom is 0.126 e. The Hall–Kier alpha value is -0.900. The molecule has 0 aliphatic heterocycles. The summed E-state index contributed by atoms with van der Waals surface area (Å²) < 4.78 is 14.9. The predicted molar refractivity (Wildman–Crippen MR) is 89.9 cm³/mol. The van der Waals surface area contributed by atoms with Crippen LogP contribution >= 0.6 is 22.9 Å². The van der Waals surface area contributed by atoms with Gasteiger partial charge in [-0.15, -0.1) is 11.3 Å². The minimum atomic E-state index is -0.138. The summed E-state index contributed by atoms with van der Waals surface area (Å²) in [6.45, 7) is 7.09. The van der Waals surface area contributed by atoms with Crippen LogP contribution in [0.4, 0.5) is 4.39 Å². The summed E-state index contributed by atoms with van der Waals surface area (Å²) in [5.41, 5.74) is 0.773. The van der Waals surface area contributed by atoms with Crippen molar-refractivity contribution >= 4 is 22.9 Å². The van der Waals surface area contributed by atoms with Crippen LogP contribution in [0.15, 0.2) is 36.4 Å². The van der Waals surface area contributed by atoms with E-state index in [9.17, 15) is 4.39 Å². The molecule has 114 valence electrons. The van der Waals surface area contributed by atoms with E-state index in [0.717, 1.165) is 22.9 Å². The summed E-state index contributed by atoms with van der Waals surface area (Å²) >= 11 is 7.56. The molecule has 0 spiro atoms. The van der Waals surface area contributed by atoms with Crippen LogP contribution in [0.5, 0.6) is 0 Å². The van der Waals surface area contributed by atoms with E-state index in [2.05, 4.69) is 26.1 Å². The third-order valence-electron chi connectivity index (χ3n) is 3.30. The standard InChI is InChI=1S/C17H21ClFNS/c1-17(2,3)20-11-12(10-13-8-9-16(18)21-13)14-6-4-5-7-15(14)19/h4-9,12,20H,10-11H2,1-3H3. The van der Waals surface area contributed by atoms with Gasteiger partial charge in [0.1, 0.15) is 5.82 Å². The Kier molecular flexibility index (Phi) is 5.42. The van der Waals surface area contributed by atoms with E-state index in [0.29, 0.717) is 0 Å². The number of rotatable bonds is 5. The maximum absolute atomic E-state index is 14.1. The van der Waals surface area contributed by atoms with E-state index in [1.807, 2.05) is 24.3 Å². The van der Waals surface area contributed by atoms with Gasteiger partial charge in [-0.2, -0.15) is 0 Å². The lowest BCUT2D eigenvalue weighted by Crippen LogP contribution is -2.39. The Morgan fingerprint density at radius 1 is 1.19 bits per heavy atom. The molecule has 1 atom stereocenters. The predicted octanol–water partition coefficient (Wildman–Crippen LogP) is 5.26. The van der Waals surface area contributed by atoms with E-state index in [-0.39, 0.29) is 17.3 Å². The van der Waals surface area contributed by atoms with Crippen LogP contribution in [0.25, 0.3) is 0 Å². The molecule has 0 aliphatic rings. The van der Waals surface area contributed by atoms with E-state index >= 15 is 0 Å². The zero-order valence-corrected chi connectivity index (χ0v) is 14.2. The highest BCUT2D eigenvalue weighted by atomic mass is 35.5. The summed E-state index contributed by atoms with van der Waals surface area (Å²) in [5, 5.41) is 3.48. The molecule has 0 bridgehead atoms. The van der Waals surface area contributed by atoms with Crippen molar-refractivity contribution in [2.75, 3.05) is 6.54 Å². The van der Waals surface area contributed by atoms with E-state index in [1.54, 1.807) is 17.4 Å². The minimum absolute atomic E-state index is 0.0105. The fraction of sp³-hybridized carbons (Fsp3) is 0.412. The lowest BCUT2D eigenvalue weighted by molar-refractivity contribution is 0.401. The Labute approximate surface area is 135 Å². The molecule has 4 heteroatoms. The normalized spacial score (nSPS) is 13.4. The van der Waals surface area contributed by atoms with Crippen LogP contribution in [-0.2, 0) is 6.42 Å². The first-order valence-corrected chi connectivity index (χ1v) is 8.28. The first-order chi connectivity index (χ1) is 9.85. The fourth-order valence-corrected chi connectivity index (χ4v) is 3.40. The first-order valence-electron chi connectivity index (χ1n) is 7.09. The summed E-state index contributed by atoms with van der Waals surface area (Å²) in [4.78, 5) is 1.18. The van der Waals surface area contributed by atoms with Crippen LogP contribution in [0, 0.1) is 5.82 Å². The van der Waals surface area contributed by atoms with E-state index in [4.69, 9.17) is 11.6 Å². The van der Waals surface area contributed by atoms with Gasteiger partial charge in [-0.25, -0.2) is 4.39 Å². The molecule has 0 radical (unpaired) electrons. The molecule has 1 aromatic carbocycles. The highest BCUT2D eigenvalue weighted by Gasteiger charge is 2.19. The summed E-state index contributed by atoms with van der Waals surface area (Å²) in [6.07, 6.45) is 0.793. The highest BCUT2D eigenvalue weighted by molar-refractivity contribution is 7.16. The maximum atomic E-state index is 14.1. The number of hydrogen-bond acceptors (Lipinski definition) is 2. The van der Waals surface area contributed by atoms with Crippen LogP contribution in [-0.4, -0.2) is 12.1 Å². The van der Waals surface area contributed by atoms with Crippen molar-refractivity contribution in [1.82, 2.24) is 5.32 Å². The number of hydrogen-bond donors (Lipinski definition) is 1. The Morgan fingerprint density at radius 2 is 1.90 bits per heavy atom. The van der Waals surface area contributed by atoms with Gasteiger partial charge in [0.2, 0.25) is 0 Å². The van der Waals surface area contributed by atoms with Gasteiger partial charge in [0.05, 0.1) is 4.34 Å². The second kappa shape index (κ2) is 6.91. The van der Waals surface area contributed by atoms with E-state index < -0.39 is 0 Å². The molecule has 1 heterocycles. The van der Waals surface area contributed by atoms with Crippen molar-refractivity contribution < 1.29 is 4.39 Å². The molecule has 0 fully saturated rings. The van der Waals surface area contributed by atoms with Gasteiger partial charge in [-0.3, -0.25) is 0 Å². The topological polar surface area (TPSA) is 12.0 Å². The summed E-state index contributed by atoms with van der Waals surface area (Å²) in [6, 6.07) is 11.0. The lowest BCUT2D eigenvalue weighted by atomic mass is 9.93. The Balaban J connectivity index is 2.19. The van der Waals surface area contributed by atoms with Crippen molar-refractivity contribution in [2.24, 2.45) is 0 Å². The van der Waals surface area contributed by atoms with Gasteiger partial charge in [0, 0.05) is 22.9 Å². The Morgan fingerprint density at radius 3 is 2.48 bits per heavy atom.